The number of aromatic nitrogens is 1. The van der Waals surface area contributed by atoms with Crippen LogP contribution in [0.3, 0.4) is 0 Å². The summed E-state index contributed by atoms with van der Waals surface area (Å²) in [6, 6.07) is 8.19. The fourth-order valence-electron chi connectivity index (χ4n) is 3.97. The summed E-state index contributed by atoms with van der Waals surface area (Å²) in [6.45, 7) is 6.13. The fraction of sp³-hybridized carbons (Fsp3) is 0.565. The predicted octanol–water partition coefficient (Wildman–Crippen LogP) is 3.39. The van der Waals surface area contributed by atoms with Crippen molar-refractivity contribution in [3.05, 3.63) is 41.8 Å². The number of piperidine rings is 1. The van der Waals surface area contributed by atoms with Crippen molar-refractivity contribution in [2.45, 2.75) is 51.4 Å². The van der Waals surface area contributed by atoms with E-state index in [1.165, 1.54) is 5.56 Å². The average molecular weight is 413 g/mol. The minimum absolute atomic E-state index is 0.296. The van der Waals surface area contributed by atoms with Crippen LogP contribution in [0.2, 0.25) is 0 Å². The van der Waals surface area contributed by atoms with Gasteiger partial charge in [0.1, 0.15) is 6.26 Å². The van der Waals surface area contributed by atoms with Gasteiger partial charge in [-0.3, -0.25) is 4.99 Å². The normalized spacial score (nSPS) is 20.7. The van der Waals surface area contributed by atoms with Gasteiger partial charge in [0, 0.05) is 32.3 Å². The van der Waals surface area contributed by atoms with Gasteiger partial charge < -0.3 is 24.1 Å². The molecule has 0 radical (unpaired) electrons. The molecule has 4 rings (SSSR count). The lowest BCUT2D eigenvalue weighted by molar-refractivity contribution is -0.0367. The van der Waals surface area contributed by atoms with Gasteiger partial charge >= 0.3 is 0 Å². The molecule has 2 saturated heterocycles. The smallest absolute Gasteiger partial charge is 0.226 e. The zero-order valence-corrected chi connectivity index (χ0v) is 18.0. The van der Waals surface area contributed by atoms with Gasteiger partial charge in [0.25, 0.3) is 0 Å². The standard InChI is InChI=1S/C23H32N4O3/c1-17-5-7-18(8-6-17)22-26-19(15-30-22)14-25-23(24-2)27-11-9-20(10-12-27)29-16-21-4-3-13-28-21/h5-8,15,20-21H,3-4,9-14,16H2,1-2H3,(H,24,25). The third kappa shape index (κ3) is 5.40. The number of aryl methyl sites for hydroxylation is 1. The lowest BCUT2D eigenvalue weighted by Gasteiger charge is -2.34. The van der Waals surface area contributed by atoms with Crippen LogP contribution in [0.15, 0.2) is 39.9 Å². The molecule has 2 fully saturated rings. The van der Waals surface area contributed by atoms with E-state index < -0.39 is 0 Å². The van der Waals surface area contributed by atoms with E-state index in [0.29, 0.717) is 24.6 Å². The first-order chi connectivity index (χ1) is 14.7. The number of likely N-dealkylation sites (tertiary alicyclic amines) is 1. The van der Waals surface area contributed by atoms with E-state index in [-0.39, 0.29) is 0 Å². The summed E-state index contributed by atoms with van der Waals surface area (Å²) in [4.78, 5) is 11.3. The summed E-state index contributed by atoms with van der Waals surface area (Å²) in [5.41, 5.74) is 3.07. The number of nitrogens with one attached hydrogen (secondary N) is 1. The first-order valence-electron chi connectivity index (χ1n) is 10.9. The summed E-state index contributed by atoms with van der Waals surface area (Å²) in [7, 11) is 1.82. The van der Waals surface area contributed by atoms with Gasteiger partial charge in [-0.25, -0.2) is 4.98 Å². The molecule has 3 heterocycles. The summed E-state index contributed by atoms with van der Waals surface area (Å²) in [5, 5.41) is 3.41. The molecule has 1 atom stereocenters. The quantitative estimate of drug-likeness (QED) is 0.579. The zero-order chi connectivity index (χ0) is 20.8. The van der Waals surface area contributed by atoms with Gasteiger partial charge in [-0.05, 0) is 44.7 Å². The molecule has 30 heavy (non-hydrogen) atoms. The van der Waals surface area contributed by atoms with Crippen LogP contribution in [-0.2, 0) is 16.0 Å². The number of hydrogen-bond donors (Lipinski definition) is 1. The van der Waals surface area contributed by atoms with Crippen LogP contribution in [0.25, 0.3) is 11.5 Å². The largest absolute Gasteiger partial charge is 0.444 e. The van der Waals surface area contributed by atoms with Crippen molar-refractivity contribution in [2.24, 2.45) is 4.99 Å². The van der Waals surface area contributed by atoms with Gasteiger partial charge in [0.2, 0.25) is 5.89 Å². The van der Waals surface area contributed by atoms with Crippen LogP contribution in [0.1, 0.15) is 36.9 Å². The molecule has 1 unspecified atom stereocenters. The van der Waals surface area contributed by atoms with Gasteiger partial charge in [-0.1, -0.05) is 17.7 Å². The van der Waals surface area contributed by atoms with Gasteiger partial charge in [0.15, 0.2) is 5.96 Å². The number of benzene rings is 1. The van der Waals surface area contributed by atoms with E-state index in [4.69, 9.17) is 13.9 Å². The molecular formula is C23H32N4O3. The average Bonchev–Trinajstić information content (AvgIpc) is 3.46. The van der Waals surface area contributed by atoms with E-state index in [9.17, 15) is 0 Å². The number of aliphatic imine (C=N–C) groups is 1. The van der Waals surface area contributed by atoms with Crippen LogP contribution in [-0.4, -0.2) is 61.4 Å². The number of rotatable bonds is 6. The SMILES string of the molecule is CN=C(NCc1coc(-c2ccc(C)cc2)n1)N1CCC(OCC2CCCO2)CC1. The lowest BCUT2D eigenvalue weighted by atomic mass is 10.1. The van der Waals surface area contributed by atoms with E-state index in [2.05, 4.69) is 39.2 Å². The molecule has 0 aliphatic carbocycles. The molecule has 7 heteroatoms. The molecule has 1 aromatic carbocycles. The Morgan fingerprint density at radius 2 is 2.03 bits per heavy atom. The van der Waals surface area contributed by atoms with Crippen molar-refractivity contribution in [3.8, 4) is 11.5 Å². The molecule has 2 aliphatic heterocycles. The number of nitrogens with zero attached hydrogens (tertiary/aromatic N) is 3. The van der Waals surface area contributed by atoms with Gasteiger partial charge in [-0.15, -0.1) is 0 Å². The second-order valence-electron chi connectivity index (χ2n) is 8.07. The maximum atomic E-state index is 6.08. The monoisotopic (exact) mass is 412 g/mol. The summed E-state index contributed by atoms with van der Waals surface area (Å²) in [6.07, 6.45) is 6.63. The van der Waals surface area contributed by atoms with Crippen molar-refractivity contribution in [1.82, 2.24) is 15.2 Å². The van der Waals surface area contributed by atoms with Crippen LogP contribution in [0.5, 0.6) is 0 Å². The minimum atomic E-state index is 0.296. The predicted molar refractivity (Wildman–Crippen MR) is 116 cm³/mol. The second-order valence-corrected chi connectivity index (χ2v) is 8.07. The molecule has 0 spiro atoms. The Labute approximate surface area is 178 Å². The molecule has 0 amide bonds. The Bertz CT molecular complexity index is 819. The maximum absolute atomic E-state index is 6.08. The van der Waals surface area contributed by atoms with Crippen LogP contribution < -0.4 is 5.32 Å². The Kier molecular flexibility index (Phi) is 7.02. The molecule has 1 N–H and O–H groups in total. The van der Waals surface area contributed by atoms with Crippen molar-refractivity contribution < 1.29 is 13.9 Å². The lowest BCUT2D eigenvalue weighted by Crippen LogP contribution is -2.47. The summed E-state index contributed by atoms with van der Waals surface area (Å²) < 4.78 is 17.4. The van der Waals surface area contributed by atoms with E-state index in [1.54, 1.807) is 6.26 Å². The highest BCUT2D eigenvalue weighted by atomic mass is 16.5. The van der Waals surface area contributed by atoms with Gasteiger partial charge in [0.05, 0.1) is 31.1 Å². The summed E-state index contributed by atoms with van der Waals surface area (Å²) >= 11 is 0. The van der Waals surface area contributed by atoms with E-state index >= 15 is 0 Å². The molecule has 1 aromatic heterocycles. The highest BCUT2D eigenvalue weighted by Crippen LogP contribution is 2.20. The van der Waals surface area contributed by atoms with E-state index in [0.717, 1.165) is 69.2 Å². The first kappa shape index (κ1) is 20.9. The van der Waals surface area contributed by atoms with Gasteiger partial charge in [-0.2, -0.15) is 0 Å². The highest BCUT2D eigenvalue weighted by molar-refractivity contribution is 5.79. The Morgan fingerprint density at radius 3 is 2.73 bits per heavy atom. The Morgan fingerprint density at radius 1 is 1.23 bits per heavy atom. The Hall–Kier alpha value is -2.38. The molecule has 162 valence electrons. The third-order valence-electron chi connectivity index (χ3n) is 5.77. The van der Waals surface area contributed by atoms with E-state index in [1.807, 2.05) is 19.2 Å². The first-order valence-corrected chi connectivity index (χ1v) is 10.9. The zero-order valence-electron chi connectivity index (χ0n) is 18.0. The molecule has 0 bridgehead atoms. The van der Waals surface area contributed by atoms with Crippen LogP contribution >= 0.6 is 0 Å². The number of guanidine groups is 1. The second kappa shape index (κ2) is 10.1. The van der Waals surface area contributed by atoms with Crippen molar-refractivity contribution in [1.29, 1.82) is 0 Å². The number of ether oxygens (including phenoxy) is 2. The topological polar surface area (TPSA) is 72.1 Å². The highest BCUT2D eigenvalue weighted by Gasteiger charge is 2.24. The maximum Gasteiger partial charge on any atom is 0.226 e. The number of oxazole rings is 1. The van der Waals surface area contributed by atoms with Crippen molar-refractivity contribution in [3.63, 3.8) is 0 Å². The van der Waals surface area contributed by atoms with Crippen molar-refractivity contribution >= 4 is 5.96 Å². The number of hydrogen-bond acceptors (Lipinski definition) is 5. The summed E-state index contributed by atoms with van der Waals surface area (Å²) in [5.74, 6) is 1.54. The molecule has 7 nitrogen and oxygen atoms in total. The van der Waals surface area contributed by atoms with Crippen LogP contribution in [0.4, 0.5) is 0 Å². The Balaban J connectivity index is 1.23. The minimum Gasteiger partial charge on any atom is -0.444 e. The van der Waals surface area contributed by atoms with Crippen molar-refractivity contribution in [2.75, 3.05) is 33.4 Å². The fourth-order valence-corrected chi connectivity index (χ4v) is 3.97. The van der Waals surface area contributed by atoms with Crippen LogP contribution in [0, 0.1) is 6.92 Å². The molecule has 0 saturated carbocycles. The molecule has 2 aromatic rings. The molecule has 2 aliphatic rings. The molecular weight excluding hydrogens is 380 g/mol. The third-order valence-corrected chi connectivity index (χ3v) is 5.77.